The maximum Gasteiger partial charge on any atom is 0.315 e. The third-order valence-electron chi connectivity index (χ3n) is 4.30. The molecule has 2 heterocycles. The van der Waals surface area contributed by atoms with Gasteiger partial charge in [0.15, 0.2) is 5.82 Å². The van der Waals surface area contributed by atoms with E-state index in [9.17, 15) is 9.18 Å². The molecule has 2 N–H and O–H groups in total. The number of halogens is 2. The molecule has 0 bridgehead atoms. The van der Waals surface area contributed by atoms with Crippen LogP contribution in [0, 0.1) is 5.82 Å². The summed E-state index contributed by atoms with van der Waals surface area (Å²) in [4.78, 5) is 17.1. The Morgan fingerprint density at radius 3 is 2.72 bits per heavy atom. The first kappa shape index (κ1) is 19.4. The van der Waals surface area contributed by atoms with Crippen molar-refractivity contribution in [2.24, 2.45) is 0 Å². The summed E-state index contributed by atoms with van der Waals surface area (Å²) in [5, 5.41) is 12.6. The van der Waals surface area contributed by atoms with Crippen molar-refractivity contribution in [1.82, 2.24) is 25.2 Å². The maximum absolute atomic E-state index is 14.0. The van der Waals surface area contributed by atoms with Crippen LogP contribution in [0.25, 0.3) is 16.3 Å². The predicted molar refractivity (Wildman–Crippen MR) is 112 cm³/mol. The topological polar surface area (TPSA) is 71.3 Å². The zero-order valence-electron chi connectivity index (χ0n) is 15.2. The van der Waals surface area contributed by atoms with Crippen LogP contribution >= 0.6 is 22.9 Å². The summed E-state index contributed by atoms with van der Waals surface area (Å²) in [6, 6.07) is 13.5. The van der Waals surface area contributed by atoms with Gasteiger partial charge in [-0.05, 0) is 29.8 Å². The molecule has 0 fully saturated rings. The highest BCUT2D eigenvalue weighted by atomic mass is 35.5. The van der Waals surface area contributed by atoms with E-state index < -0.39 is 0 Å². The van der Waals surface area contributed by atoms with Crippen molar-refractivity contribution in [2.45, 2.75) is 13.0 Å². The van der Waals surface area contributed by atoms with Crippen molar-refractivity contribution >= 4 is 33.9 Å². The normalized spacial score (nSPS) is 11.0. The molecule has 0 aliphatic rings. The zero-order valence-corrected chi connectivity index (χ0v) is 16.8. The quantitative estimate of drug-likeness (QED) is 0.480. The number of hydrogen-bond acceptors (Lipinski definition) is 4. The number of aromatic nitrogens is 3. The fourth-order valence-corrected chi connectivity index (χ4v) is 3.79. The van der Waals surface area contributed by atoms with Crippen molar-refractivity contribution in [3.8, 4) is 11.4 Å². The van der Waals surface area contributed by atoms with Gasteiger partial charge in [0.2, 0.25) is 4.96 Å². The first-order valence-corrected chi connectivity index (χ1v) is 10.2. The number of amides is 2. The Morgan fingerprint density at radius 2 is 1.93 bits per heavy atom. The SMILES string of the molecule is O=C(NCCc1csc2nc(-c3ccccc3F)nn12)NCc1ccc(Cl)cc1. The number of urea groups is 1. The van der Waals surface area contributed by atoms with Gasteiger partial charge in [-0.25, -0.2) is 13.7 Å². The smallest absolute Gasteiger partial charge is 0.315 e. The van der Waals surface area contributed by atoms with Crippen molar-refractivity contribution in [3.05, 3.63) is 76.0 Å². The molecule has 0 saturated carbocycles. The number of carbonyl (C=O) groups excluding carboxylic acids is 1. The van der Waals surface area contributed by atoms with Gasteiger partial charge in [0.05, 0.1) is 11.3 Å². The van der Waals surface area contributed by atoms with E-state index >= 15 is 0 Å². The van der Waals surface area contributed by atoms with Crippen molar-refractivity contribution in [3.63, 3.8) is 0 Å². The molecule has 2 amide bonds. The second-order valence-corrected chi connectivity index (χ2v) is 7.60. The summed E-state index contributed by atoms with van der Waals surface area (Å²) in [7, 11) is 0. The number of benzene rings is 2. The molecule has 0 unspecified atom stereocenters. The fourth-order valence-electron chi connectivity index (χ4n) is 2.80. The predicted octanol–water partition coefficient (Wildman–Crippen LogP) is 4.29. The minimum Gasteiger partial charge on any atom is -0.338 e. The summed E-state index contributed by atoms with van der Waals surface area (Å²) in [5.74, 6) is -0.00352. The van der Waals surface area contributed by atoms with Crippen molar-refractivity contribution < 1.29 is 9.18 Å². The Morgan fingerprint density at radius 1 is 1.14 bits per heavy atom. The Hall–Kier alpha value is -2.97. The molecule has 0 spiro atoms. The highest BCUT2D eigenvalue weighted by Crippen LogP contribution is 2.23. The minimum absolute atomic E-state index is 0.253. The molecule has 6 nitrogen and oxygen atoms in total. The molecular formula is C20H17ClFN5OS. The Labute approximate surface area is 175 Å². The van der Waals surface area contributed by atoms with Gasteiger partial charge in [-0.2, -0.15) is 4.98 Å². The van der Waals surface area contributed by atoms with Crippen LogP contribution in [0.1, 0.15) is 11.3 Å². The summed E-state index contributed by atoms with van der Waals surface area (Å²) >= 11 is 7.28. The van der Waals surface area contributed by atoms with Gasteiger partial charge in [0, 0.05) is 29.9 Å². The lowest BCUT2D eigenvalue weighted by Gasteiger charge is -2.07. The van der Waals surface area contributed by atoms with Crippen LogP contribution in [0.4, 0.5) is 9.18 Å². The molecule has 9 heteroatoms. The fraction of sp³-hybridized carbons (Fsp3) is 0.150. The van der Waals surface area contributed by atoms with Crippen molar-refractivity contribution in [1.29, 1.82) is 0 Å². The maximum atomic E-state index is 14.0. The van der Waals surface area contributed by atoms with E-state index in [0.29, 0.717) is 40.9 Å². The number of thiazole rings is 1. The third-order valence-corrected chi connectivity index (χ3v) is 5.41. The molecule has 0 atom stereocenters. The molecule has 2 aromatic heterocycles. The molecule has 0 aliphatic carbocycles. The lowest BCUT2D eigenvalue weighted by Crippen LogP contribution is -2.36. The monoisotopic (exact) mass is 429 g/mol. The van der Waals surface area contributed by atoms with E-state index in [0.717, 1.165) is 11.3 Å². The first-order chi connectivity index (χ1) is 14.1. The molecule has 0 saturated heterocycles. The molecule has 0 radical (unpaired) electrons. The number of nitrogens with one attached hydrogen (secondary N) is 2. The molecule has 29 heavy (non-hydrogen) atoms. The van der Waals surface area contributed by atoms with Gasteiger partial charge in [-0.1, -0.05) is 35.9 Å². The lowest BCUT2D eigenvalue weighted by atomic mass is 10.2. The van der Waals surface area contributed by atoms with E-state index in [4.69, 9.17) is 11.6 Å². The standard InChI is InChI=1S/C20H17ClFN5OS/c21-14-7-5-13(6-8-14)11-24-19(28)23-10-9-15-12-29-20-25-18(26-27(15)20)16-3-1-2-4-17(16)22/h1-8,12H,9-11H2,(H2,23,24,28). The third kappa shape index (κ3) is 4.55. The van der Waals surface area contributed by atoms with Crippen LogP contribution < -0.4 is 10.6 Å². The lowest BCUT2D eigenvalue weighted by molar-refractivity contribution is 0.240. The van der Waals surface area contributed by atoms with E-state index in [1.807, 2.05) is 17.5 Å². The van der Waals surface area contributed by atoms with Crippen molar-refractivity contribution in [2.75, 3.05) is 6.54 Å². The van der Waals surface area contributed by atoms with Crippen LogP contribution in [0.5, 0.6) is 0 Å². The number of carbonyl (C=O) groups is 1. The summed E-state index contributed by atoms with van der Waals surface area (Å²) in [6.07, 6.45) is 0.578. The summed E-state index contributed by atoms with van der Waals surface area (Å²) in [5.41, 5.74) is 2.24. The first-order valence-electron chi connectivity index (χ1n) is 8.94. The van der Waals surface area contributed by atoms with Gasteiger partial charge in [0.25, 0.3) is 0 Å². The van der Waals surface area contributed by atoms with Gasteiger partial charge in [0.1, 0.15) is 5.82 Å². The molecule has 148 valence electrons. The average molecular weight is 430 g/mol. The Balaban J connectivity index is 1.33. The number of rotatable bonds is 6. The summed E-state index contributed by atoms with van der Waals surface area (Å²) < 4.78 is 15.7. The average Bonchev–Trinajstić information content (AvgIpc) is 3.29. The molecule has 2 aromatic carbocycles. The van der Waals surface area contributed by atoms with E-state index in [1.54, 1.807) is 34.8 Å². The highest BCUT2D eigenvalue weighted by Gasteiger charge is 2.14. The van der Waals surface area contributed by atoms with E-state index in [-0.39, 0.29) is 11.8 Å². The van der Waals surface area contributed by atoms with Crippen LogP contribution in [-0.2, 0) is 13.0 Å². The summed E-state index contributed by atoms with van der Waals surface area (Å²) in [6.45, 7) is 0.855. The minimum atomic E-state index is -0.355. The second kappa shape index (κ2) is 8.59. The van der Waals surface area contributed by atoms with E-state index in [1.165, 1.54) is 17.4 Å². The van der Waals surface area contributed by atoms with Crippen LogP contribution in [0.15, 0.2) is 53.9 Å². The Bertz CT molecular complexity index is 1140. The van der Waals surface area contributed by atoms with Gasteiger partial charge >= 0.3 is 6.03 Å². The van der Waals surface area contributed by atoms with Gasteiger partial charge < -0.3 is 10.6 Å². The van der Waals surface area contributed by atoms with Crippen LogP contribution in [-0.4, -0.2) is 27.2 Å². The Kier molecular flexibility index (Phi) is 5.73. The molecular weight excluding hydrogens is 413 g/mol. The second-order valence-electron chi connectivity index (χ2n) is 6.32. The number of fused-ring (bicyclic) bond motifs is 1. The van der Waals surface area contributed by atoms with Crippen LogP contribution in [0.3, 0.4) is 0 Å². The zero-order chi connectivity index (χ0) is 20.2. The van der Waals surface area contributed by atoms with Crippen LogP contribution in [0.2, 0.25) is 5.02 Å². The van der Waals surface area contributed by atoms with Gasteiger partial charge in [-0.15, -0.1) is 16.4 Å². The largest absolute Gasteiger partial charge is 0.338 e. The highest BCUT2D eigenvalue weighted by molar-refractivity contribution is 7.15. The molecule has 0 aliphatic heterocycles. The van der Waals surface area contributed by atoms with Gasteiger partial charge in [-0.3, -0.25) is 0 Å². The number of hydrogen-bond donors (Lipinski definition) is 2. The van der Waals surface area contributed by atoms with E-state index in [2.05, 4.69) is 20.7 Å². The molecule has 4 aromatic rings. The number of nitrogens with zero attached hydrogens (tertiary/aromatic N) is 3. The molecule has 4 rings (SSSR count).